The van der Waals surface area contributed by atoms with Crippen LogP contribution in [-0.4, -0.2) is 66.6 Å². The maximum atomic E-state index is 14.3. The van der Waals surface area contributed by atoms with E-state index >= 15 is 0 Å². The quantitative estimate of drug-likeness (QED) is 0.222. The topological polar surface area (TPSA) is 108 Å². The molecule has 38 heavy (non-hydrogen) atoms. The standard InChI is InChI=1S/C23H26F6N4O5/c1-22(2,3)38-11-33(37)13(6-12-7-15(25)16(26)9-14(12)24)8-18(34)31-4-5-32-17(10-31)19(20(35)36)30-21(32)23(27,28)29/h7,9,13,37H,4-6,8,10-11H2,1-3H3,(H,35,36). The Hall–Kier alpha value is -3.17. The molecule has 1 amide bonds. The van der Waals surface area contributed by atoms with Gasteiger partial charge in [-0.2, -0.15) is 18.2 Å². The minimum Gasteiger partial charge on any atom is -0.476 e. The Morgan fingerprint density at radius 3 is 2.32 bits per heavy atom. The summed E-state index contributed by atoms with van der Waals surface area (Å²) in [4.78, 5) is 28.9. The number of hydrogen-bond donors (Lipinski definition) is 2. The molecule has 2 N–H and O–H groups in total. The fraction of sp³-hybridized carbons (Fsp3) is 0.522. The number of imidazole rings is 1. The number of carbonyl (C=O) groups excluding carboxylic acids is 1. The molecule has 2 heterocycles. The van der Waals surface area contributed by atoms with Crippen molar-refractivity contribution in [3.63, 3.8) is 0 Å². The molecular formula is C23H26F6N4O5. The number of nitrogens with zero attached hydrogens (tertiary/aromatic N) is 4. The number of carbonyl (C=O) groups is 2. The highest BCUT2D eigenvalue weighted by Gasteiger charge is 2.42. The number of fused-ring (bicyclic) bond motifs is 1. The molecule has 3 rings (SSSR count). The minimum absolute atomic E-state index is 0.236. The molecule has 9 nitrogen and oxygen atoms in total. The average Bonchev–Trinajstić information content (AvgIpc) is 3.19. The van der Waals surface area contributed by atoms with Gasteiger partial charge < -0.3 is 24.5 Å². The lowest BCUT2D eigenvalue weighted by atomic mass is 10.0. The summed E-state index contributed by atoms with van der Waals surface area (Å²) in [5, 5.41) is 20.5. The van der Waals surface area contributed by atoms with Crippen LogP contribution in [-0.2, 0) is 35.2 Å². The van der Waals surface area contributed by atoms with Gasteiger partial charge in [-0.1, -0.05) is 0 Å². The van der Waals surface area contributed by atoms with Crippen LogP contribution in [0.5, 0.6) is 0 Å². The van der Waals surface area contributed by atoms with E-state index in [0.717, 1.165) is 4.90 Å². The molecule has 1 aliphatic heterocycles. The van der Waals surface area contributed by atoms with Gasteiger partial charge in [-0.25, -0.2) is 22.9 Å². The van der Waals surface area contributed by atoms with Gasteiger partial charge in [0.1, 0.15) is 12.5 Å². The number of aromatic carboxylic acids is 1. The Labute approximate surface area is 213 Å². The zero-order valence-electron chi connectivity index (χ0n) is 20.7. The number of carboxylic acids is 1. The van der Waals surface area contributed by atoms with Crippen LogP contribution < -0.4 is 0 Å². The number of ether oxygens (including phenoxy) is 1. The van der Waals surface area contributed by atoms with E-state index in [1.54, 1.807) is 20.8 Å². The van der Waals surface area contributed by atoms with Crippen molar-refractivity contribution >= 4 is 11.9 Å². The molecule has 210 valence electrons. The molecule has 0 saturated heterocycles. The molecule has 2 aromatic rings. The van der Waals surface area contributed by atoms with Gasteiger partial charge in [0, 0.05) is 25.6 Å². The second kappa shape index (κ2) is 10.9. The largest absolute Gasteiger partial charge is 0.476 e. The number of rotatable bonds is 8. The Bertz CT molecular complexity index is 1210. The van der Waals surface area contributed by atoms with Gasteiger partial charge >= 0.3 is 12.1 Å². The van der Waals surface area contributed by atoms with E-state index in [-0.39, 0.29) is 17.8 Å². The molecule has 0 fully saturated rings. The smallest absolute Gasteiger partial charge is 0.449 e. The highest BCUT2D eigenvalue weighted by molar-refractivity contribution is 5.87. The summed E-state index contributed by atoms with van der Waals surface area (Å²) < 4.78 is 87.6. The van der Waals surface area contributed by atoms with Gasteiger partial charge in [0.15, 0.2) is 17.3 Å². The molecule has 1 unspecified atom stereocenters. The SMILES string of the molecule is CC(C)(C)OCN(O)C(CC(=O)N1CCn2c(C(F)(F)F)nc(C(=O)O)c2C1)Cc1cc(F)c(F)cc1F. The van der Waals surface area contributed by atoms with E-state index in [1.165, 1.54) is 0 Å². The summed E-state index contributed by atoms with van der Waals surface area (Å²) >= 11 is 0. The lowest BCUT2D eigenvalue weighted by Gasteiger charge is -2.33. The fourth-order valence-electron chi connectivity index (χ4n) is 3.92. The predicted molar refractivity (Wildman–Crippen MR) is 117 cm³/mol. The van der Waals surface area contributed by atoms with Gasteiger partial charge in [0.2, 0.25) is 11.7 Å². The van der Waals surface area contributed by atoms with E-state index in [4.69, 9.17) is 4.74 Å². The monoisotopic (exact) mass is 552 g/mol. The van der Waals surface area contributed by atoms with Gasteiger partial charge in [-0.3, -0.25) is 4.79 Å². The highest BCUT2D eigenvalue weighted by Crippen LogP contribution is 2.32. The summed E-state index contributed by atoms with van der Waals surface area (Å²) in [5.74, 6) is -7.69. The summed E-state index contributed by atoms with van der Waals surface area (Å²) in [6.45, 7) is 3.46. The van der Waals surface area contributed by atoms with Gasteiger partial charge in [0.05, 0.1) is 23.9 Å². The molecule has 0 saturated carbocycles. The number of hydroxylamine groups is 2. The van der Waals surface area contributed by atoms with Gasteiger partial charge in [-0.15, -0.1) is 0 Å². The fourth-order valence-corrected chi connectivity index (χ4v) is 3.92. The van der Waals surface area contributed by atoms with Crippen molar-refractivity contribution in [1.29, 1.82) is 0 Å². The third kappa shape index (κ3) is 6.82. The van der Waals surface area contributed by atoms with Crippen molar-refractivity contribution in [2.45, 2.75) is 64.5 Å². The first-order valence-corrected chi connectivity index (χ1v) is 11.4. The summed E-state index contributed by atoms with van der Waals surface area (Å²) in [7, 11) is 0. The highest BCUT2D eigenvalue weighted by atomic mass is 19.4. The number of aromatic nitrogens is 2. The van der Waals surface area contributed by atoms with Crippen LogP contribution in [0.3, 0.4) is 0 Å². The lowest BCUT2D eigenvalue weighted by Crippen LogP contribution is -2.45. The second-order valence-corrected chi connectivity index (χ2v) is 9.75. The van der Waals surface area contributed by atoms with Crippen LogP contribution >= 0.6 is 0 Å². The zero-order chi connectivity index (χ0) is 28.6. The van der Waals surface area contributed by atoms with Crippen LogP contribution in [0, 0.1) is 17.5 Å². The lowest BCUT2D eigenvalue weighted by molar-refractivity contribution is -0.213. The Kier molecular flexibility index (Phi) is 8.43. The third-order valence-corrected chi connectivity index (χ3v) is 5.82. The molecule has 0 bridgehead atoms. The third-order valence-electron chi connectivity index (χ3n) is 5.82. The van der Waals surface area contributed by atoms with Crippen LogP contribution in [0.1, 0.15) is 54.8 Å². The summed E-state index contributed by atoms with van der Waals surface area (Å²) in [6.07, 6.45) is -5.91. The first kappa shape index (κ1) is 29.4. The molecule has 0 radical (unpaired) electrons. The Morgan fingerprint density at radius 2 is 1.74 bits per heavy atom. The van der Waals surface area contributed by atoms with E-state index in [9.17, 15) is 46.2 Å². The van der Waals surface area contributed by atoms with Crippen molar-refractivity contribution in [3.05, 3.63) is 52.4 Å². The molecule has 0 aliphatic carbocycles. The molecule has 1 atom stereocenters. The molecular weight excluding hydrogens is 526 g/mol. The van der Waals surface area contributed by atoms with Crippen LogP contribution in [0.25, 0.3) is 0 Å². The van der Waals surface area contributed by atoms with Crippen molar-refractivity contribution in [1.82, 2.24) is 19.5 Å². The molecule has 0 spiro atoms. The Balaban J connectivity index is 1.85. The summed E-state index contributed by atoms with van der Waals surface area (Å²) in [6, 6.07) is -0.299. The zero-order valence-corrected chi connectivity index (χ0v) is 20.7. The van der Waals surface area contributed by atoms with Gasteiger partial charge in [0.25, 0.3) is 0 Å². The molecule has 1 aliphatic rings. The second-order valence-electron chi connectivity index (χ2n) is 9.75. The van der Waals surface area contributed by atoms with E-state index in [1.807, 2.05) is 0 Å². The summed E-state index contributed by atoms with van der Waals surface area (Å²) in [5.41, 5.74) is -2.24. The van der Waals surface area contributed by atoms with Crippen molar-refractivity contribution in [3.8, 4) is 0 Å². The maximum absolute atomic E-state index is 14.3. The number of carboxylic acid groups (broad SMARTS) is 1. The molecule has 15 heteroatoms. The molecule has 1 aromatic heterocycles. The van der Waals surface area contributed by atoms with Crippen molar-refractivity contribution in [2.75, 3.05) is 13.3 Å². The van der Waals surface area contributed by atoms with Crippen molar-refractivity contribution < 1.29 is 51.0 Å². The van der Waals surface area contributed by atoms with Gasteiger partial charge in [-0.05, 0) is 38.8 Å². The predicted octanol–water partition coefficient (Wildman–Crippen LogP) is 3.82. The molecule has 1 aromatic carbocycles. The van der Waals surface area contributed by atoms with Crippen LogP contribution in [0.2, 0.25) is 0 Å². The first-order chi connectivity index (χ1) is 17.5. The van der Waals surface area contributed by atoms with Crippen LogP contribution in [0.15, 0.2) is 12.1 Å². The average molecular weight is 552 g/mol. The van der Waals surface area contributed by atoms with E-state index in [0.29, 0.717) is 21.8 Å². The van der Waals surface area contributed by atoms with E-state index in [2.05, 4.69) is 4.98 Å². The van der Waals surface area contributed by atoms with E-state index < -0.39 is 91.3 Å². The number of hydrogen-bond acceptors (Lipinski definition) is 6. The normalized spacial score (nSPS) is 15.1. The minimum atomic E-state index is -4.92. The maximum Gasteiger partial charge on any atom is 0.449 e. The number of alkyl halides is 3. The number of halogens is 6. The first-order valence-electron chi connectivity index (χ1n) is 11.4. The number of benzene rings is 1. The number of amides is 1. The Morgan fingerprint density at radius 1 is 1.11 bits per heavy atom. The van der Waals surface area contributed by atoms with Crippen molar-refractivity contribution in [2.24, 2.45) is 0 Å². The van der Waals surface area contributed by atoms with Crippen LogP contribution in [0.4, 0.5) is 26.3 Å².